The molecule has 1 unspecified atom stereocenters. The van der Waals surface area contributed by atoms with E-state index >= 15 is 0 Å². The van der Waals surface area contributed by atoms with Crippen LogP contribution >= 0.6 is 0 Å². The van der Waals surface area contributed by atoms with Gasteiger partial charge in [0, 0.05) is 37.2 Å². The topological polar surface area (TPSA) is 84.1 Å². The van der Waals surface area contributed by atoms with Crippen molar-refractivity contribution < 1.29 is 9.90 Å². The number of aliphatic hydroxyl groups is 1. The van der Waals surface area contributed by atoms with Gasteiger partial charge in [-0.05, 0) is 37.4 Å². The first-order valence-corrected chi connectivity index (χ1v) is 8.24. The van der Waals surface area contributed by atoms with Gasteiger partial charge >= 0.3 is 6.03 Å². The number of fused-ring (bicyclic) bond motifs is 1. The Balaban J connectivity index is 1.64. The molecule has 7 nitrogen and oxygen atoms in total. The lowest BCUT2D eigenvalue weighted by Crippen LogP contribution is -2.40. The van der Waals surface area contributed by atoms with Crippen molar-refractivity contribution in [2.75, 3.05) is 11.9 Å². The number of urea groups is 1. The molecule has 0 saturated heterocycles. The number of aryl methyl sites for hydroxylation is 2. The van der Waals surface area contributed by atoms with E-state index in [0.29, 0.717) is 11.3 Å². The van der Waals surface area contributed by atoms with Gasteiger partial charge in [0.05, 0.1) is 18.3 Å². The van der Waals surface area contributed by atoms with Gasteiger partial charge in [-0.1, -0.05) is 6.07 Å². The zero-order valence-electron chi connectivity index (χ0n) is 14.7. The van der Waals surface area contributed by atoms with E-state index in [4.69, 9.17) is 0 Å². The summed E-state index contributed by atoms with van der Waals surface area (Å²) < 4.78 is 3.73. The number of hydrogen-bond donors (Lipinski definition) is 3. The largest absolute Gasteiger partial charge is 0.383 e. The Morgan fingerprint density at radius 3 is 2.84 bits per heavy atom. The summed E-state index contributed by atoms with van der Waals surface area (Å²) in [5, 5.41) is 21.2. The van der Waals surface area contributed by atoms with E-state index in [1.165, 1.54) is 0 Å². The van der Waals surface area contributed by atoms with Crippen molar-refractivity contribution in [3.05, 3.63) is 48.4 Å². The third-order valence-corrected chi connectivity index (χ3v) is 4.29. The molecular weight excluding hydrogens is 318 g/mol. The lowest BCUT2D eigenvalue weighted by atomic mass is 10.00. The standard InChI is InChI=1S/C18H23N5O2/c1-4-23-8-7-13-5-6-15(9-16(13)23)21-17(24)19-12-18(2,25)14-10-20-22(3)11-14/h5-11,25H,4,12H2,1-3H3,(H2,19,21,24). The van der Waals surface area contributed by atoms with E-state index in [1.54, 1.807) is 31.0 Å². The van der Waals surface area contributed by atoms with Gasteiger partial charge in [0.2, 0.25) is 0 Å². The highest BCUT2D eigenvalue weighted by atomic mass is 16.3. The highest BCUT2D eigenvalue weighted by Gasteiger charge is 2.25. The Kier molecular flexibility index (Phi) is 4.50. The van der Waals surface area contributed by atoms with E-state index in [-0.39, 0.29) is 12.6 Å². The molecule has 1 atom stereocenters. The molecule has 0 aliphatic carbocycles. The summed E-state index contributed by atoms with van der Waals surface area (Å²) in [6.07, 6.45) is 5.35. The molecule has 132 valence electrons. The Labute approximate surface area is 146 Å². The van der Waals surface area contributed by atoms with Crippen LogP contribution < -0.4 is 10.6 Å². The van der Waals surface area contributed by atoms with E-state index in [2.05, 4.69) is 27.2 Å². The Morgan fingerprint density at radius 2 is 2.16 bits per heavy atom. The quantitative estimate of drug-likeness (QED) is 0.666. The summed E-state index contributed by atoms with van der Waals surface area (Å²) in [6, 6.07) is 7.47. The molecule has 0 spiro atoms. The van der Waals surface area contributed by atoms with Crippen molar-refractivity contribution in [1.29, 1.82) is 0 Å². The maximum absolute atomic E-state index is 12.2. The summed E-state index contributed by atoms with van der Waals surface area (Å²) >= 11 is 0. The summed E-state index contributed by atoms with van der Waals surface area (Å²) in [7, 11) is 1.78. The number of nitrogens with one attached hydrogen (secondary N) is 2. The molecule has 3 N–H and O–H groups in total. The second-order valence-electron chi connectivity index (χ2n) is 6.36. The molecule has 0 bridgehead atoms. The van der Waals surface area contributed by atoms with Crippen LogP contribution in [0.3, 0.4) is 0 Å². The number of aromatic nitrogens is 3. The first-order valence-electron chi connectivity index (χ1n) is 8.24. The van der Waals surface area contributed by atoms with Gasteiger partial charge < -0.3 is 20.3 Å². The molecule has 3 aromatic rings. The smallest absolute Gasteiger partial charge is 0.319 e. The van der Waals surface area contributed by atoms with Gasteiger partial charge in [-0.25, -0.2) is 4.79 Å². The van der Waals surface area contributed by atoms with E-state index < -0.39 is 5.60 Å². The number of carbonyl (C=O) groups excluding carboxylic acids is 1. The fraction of sp³-hybridized carbons (Fsp3) is 0.333. The monoisotopic (exact) mass is 341 g/mol. The number of nitrogens with zero attached hydrogens (tertiary/aromatic N) is 3. The van der Waals surface area contributed by atoms with Gasteiger partial charge in [0.25, 0.3) is 0 Å². The summed E-state index contributed by atoms with van der Waals surface area (Å²) in [5.74, 6) is 0. The first kappa shape index (κ1) is 17.0. The molecule has 2 amide bonds. The fourth-order valence-corrected chi connectivity index (χ4v) is 2.77. The lowest BCUT2D eigenvalue weighted by Gasteiger charge is -2.22. The van der Waals surface area contributed by atoms with Crippen molar-refractivity contribution in [2.24, 2.45) is 7.05 Å². The average molecular weight is 341 g/mol. The van der Waals surface area contributed by atoms with Crippen molar-refractivity contribution >= 4 is 22.6 Å². The summed E-state index contributed by atoms with van der Waals surface area (Å²) in [6.45, 7) is 4.67. The molecule has 1 aromatic carbocycles. The fourth-order valence-electron chi connectivity index (χ4n) is 2.77. The number of anilines is 1. The van der Waals surface area contributed by atoms with Crippen LogP contribution in [0.2, 0.25) is 0 Å². The molecule has 0 saturated carbocycles. The van der Waals surface area contributed by atoms with Crippen LogP contribution in [0.1, 0.15) is 19.4 Å². The molecule has 3 rings (SSSR count). The predicted octanol–water partition coefficient (Wildman–Crippen LogP) is 2.42. The molecule has 0 radical (unpaired) electrons. The molecule has 0 aliphatic rings. The molecule has 0 fully saturated rings. The molecular formula is C18H23N5O2. The van der Waals surface area contributed by atoms with Crippen LogP contribution in [0.5, 0.6) is 0 Å². The number of benzene rings is 1. The van der Waals surface area contributed by atoms with E-state index in [0.717, 1.165) is 17.4 Å². The van der Waals surface area contributed by atoms with Crippen LogP contribution in [0.25, 0.3) is 10.9 Å². The minimum Gasteiger partial charge on any atom is -0.383 e. The highest BCUT2D eigenvalue weighted by molar-refractivity contribution is 5.92. The van der Waals surface area contributed by atoms with Crippen LogP contribution in [0.15, 0.2) is 42.9 Å². The van der Waals surface area contributed by atoms with Gasteiger partial charge in [-0.15, -0.1) is 0 Å². The predicted molar refractivity (Wildman–Crippen MR) is 97.4 cm³/mol. The first-order chi connectivity index (χ1) is 11.9. The van der Waals surface area contributed by atoms with Gasteiger partial charge in [-0.2, -0.15) is 5.10 Å². The van der Waals surface area contributed by atoms with Crippen molar-refractivity contribution in [2.45, 2.75) is 26.0 Å². The Bertz CT molecular complexity index is 894. The van der Waals surface area contributed by atoms with Gasteiger partial charge in [-0.3, -0.25) is 4.68 Å². The Morgan fingerprint density at radius 1 is 1.36 bits per heavy atom. The van der Waals surface area contributed by atoms with Crippen LogP contribution in [-0.4, -0.2) is 32.0 Å². The molecule has 2 aromatic heterocycles. The zero-order chi connectivity index (χ0) is 18.0. The number of carbonyl (C=O) groups is 1. The second kappa shape index (κ2) is 6.60. The lowest BCUT2D eigenvalue weighted by molar-refractivity contribution is 0.0599. The highest BCUT2D eigenvalue weighted by Crippen LogP contribution is 2.21. The second-order valence-corrected chi connectivity index (χ2v) is 6.36. The molecule has 25 heavy (non-hydrogen) atoms. The van der Waals surface area contributed by atoms with Crippen molar-refractivity contribution in [3.63, 3.8) is 0 Å². The number of hydrogen-bond acceptors (Lipinski definition) is 3. The maximum atomic E-state index is 12.2. The summed E-state index contributed by atoms with van der Waals surface area (Å²) in [4.78, 5) is 12.2. The van der Waals surface area contributed by atoms with E-state index in [1.807, 2.05) is 30.5 Å². The van der Waals surface area contributed by atoms with Gasteiger partial charge in [0.15, 0.2) is 0 Å². The van der Waals surface area contributed by atoms with Crippen molar-refractivity contribution in [1.82, 2.24) is 19.7 Å². The normalized spacial score (nSPS) is 13.6. The Hall–Kier alpha value is -2.80. The minimum atomic E-state index is -1.19. The van der Waals surface area contributed by atoms with Crippen molar-refractivity contribution in [3.8, 4) is 0 Å². The third-order valence-electron chi connectivity index (χ3n) is 4.29. The molecule has 2 heterocycles. The zero-order valence-corrected chi connectivity index (χ0v) is 14.7. The third kappa shape index (κ3) is 3.66. The number of amides is 2. The van der Waals surface area contributed by atoms with Crippen LogP contribution in [-0.2, 0) is 19.2 Å². The maximum Gasteiger partial charge on any atom is 0.319 e. The average Bonchev–Trinajstić information content (AvgIpc) is 3.19. The SMILES string of the molecule is CCn1ccc2ccc(NC(=O)NCC(C)(O)c3cnn(C)c3)cc21. The minimum absolute atomic E-state index is 0.0815. The molecule has 7 heteroatoms. The number of rotatable bonds is 5. The summed E-state index contributed by atoms with van der Waals surface area (Å²) in [5.41, 5.74) is 1.24. The molecule has 0 aliphatic heterocycles. The van der Waals surface area contributed by atoms with Crippen LogP contribution in [0.4, 0.5) is 10.5 Å². The van der Waals surface area contributed by atoms with E-state index in [9.17, 15) is 9.90 Å². The van der Waals surface area contributed by atoms with Crippen LogP contribution in [0, 0.1) is 0 Å². The van der Waals surface area contributed by atoms with Gasteiger partial charge in [0.1, 0.15) is 5.60 Å².